The van der Waals surface area contributed by atoms with Crippen molar-refractivity contribution in [2.75, 3.05) is 11.9 Å². The third-order valence-corrected chi connectivity index (χ3v) is 3.38. The maximum absolute atomic E-state index is 11.5. The van der Waals surface area contributed by atoms with Gasteiger partial charge in [-0.3, -0.25) is 4.79 Å². The first-order valence-electron chi connectivity index (χ1n) is 6.88. The lowest BCUT2D eigenvalue weighted by molar-refractivity contribution is -0.120. The van der Waals surface area contributed by atoms with E-state index in [0.29, 0.717) is 19.5 Å². The highest BCUT2D eigenvalue weighted by Gasteiger charge is 2.02. The molecule has 0 saturated carbocycles. The number of rotatable bonds is 6. The highest BCUT2D eigenvalue weighted by molar-refractivity contribution is 9.10. The number of carbonyl (C=O) groups is 1. The third-order valence-electron chi connectivity index (χ3n) is 2.94. The SMILES string of the molecule is CCNC(=O)Cc1ccc(NCc2cccc(Br)n2)cc1. The van der Waals surface area contributed by atoms with Crippen LogP contribution in [0.4, 0.5) is 5.69 Å². The summed E-state index contributed by atoms with van der Waals surface area (Å²) in [6, 6.07) is 13.7. The summed E-state index contributed by atoms with van der Waals surface area (Å²) in [7, 11) is 0. The minimum atomic E-state index is 0.0524. The van der Waals surface area contributed by atoms with Gasteiger partial charge in [-0.05, 0) is 52.7 Å². The molecule has 2 N–H and O–H groups in total. The number of hydrogen-bond acceptors (Lipinski definition) is 3. The fourth-order valence-corrected chi connectivity index (χ4v) is 2.31. The Morgan fingerprint density at radius 3 is 2.62 bits per heavy atom. The molecule has 1 aromatic carbocycles. The second kappa shape index (κ2) is 7.78. The summed E-state index contributed by atoms with van der Waals surface area (Å²) in [6.45, 7) is 3.24. The molecule has 0 atom stereocenters. The quantitative estimate of drug-likeness (QED) is 0.789. The van der Waals surface area contributed by atoms with Crippen LogP contribution in [0.3, 0.4) is 0 Å². The molecule has 1 aromatic heterocycles. The van der Waals surface area contributed by atoms with Crippen LogP contribution in [0.15, 0.2) is 47.1 Å². The van der Waals surface area contributed by atoms with Crippen molar-refractivity contribution >= 4 is 27.5 Å². The molecular formula is C16H18BrN3O. The number of nitrogens with zero attached hydrogens (tertiary/aromatic N) is 1. The molecule has 110 valence electrons. The molecule has 4 nitrogen and oxygen atoms in total. The third kappa shape index (κ3) is 5.19. The van der Waals surface area contributed by atoms with E-state index in [1.165, 1.54) is 0 Å². The van der Waals surface area contributed by atoms with Gasteiger partial charge in [-0.1, -0.05) is 18.2 Å². The maximum Gasteiger partial charge on any atom is 0.224 e. The van der Waals surface area contributed by atoms with E-state index in [-0.39, 0.29) is 5.91 Å². The van der Waals surface area contributed by atoms with Crippen molar-refractivity contribution in [3.05, 3.63) is 58.3 Å². The van der Waals surface area contributed by atoms with Crippen LogP contribution in [-0.4, -0.2) is 17.4 Å². The molecule has 0 saturated heterocycles. The second-order valence-corrected chi connectivity index (χ2v) is 5.44. The zero-order valence-corrected chi connectivity index (χ0v) is 13.5. The van der Waals surface area contributed by atoms with E-state index in [1.807, 2.05) is 49.4 Å². The predicted octanol–water partition coefficient (Wildman–Crippen LogP) is 3.13. The number of hydrogen-bond donors (Lipinski definition) is 2. The molecule has 0 bridgehead atoms. The number of likely N-dealkylation sites (N-methyl/N-ethyl adjacent to an activating group) is 1. The van der Waals surface area contributed by atoms with Gasteiger partial charge in [-0.2, -0.15) is 0 Å². The highest BCUT2D eigenvalue weighted by atomic mass is 79.9. The van der Waals surface area contributed by atoms with Crippen LogP contribution in [0.25, 0.3) is 0 Å². The molecule has 0 aliphatic carbocycles. The lowest BCUT2D eigenvalue weighted by Crippen LogP contribution is -2.24. The van der Waals surface area contributed by atoms with Crippen molar-refractivity contribution in [2.45, 2.75) is 19.9 Å². The lowest BCUT2D eigenvalue weighted by Gasteiger charge is -2.07. The van der Waals surface area contributed by atoms with E-state index in [2.05, 4.69) is 31.5 Å². The van der Waals surface area contributed by atoms with Crippen LogP contribution < -0.4 is 10.6 Å². The van der Waals surface area contributed by atoms with Gasteiger partial charge in [0.05, 0.1) is 18.7 Å². The van der Waals surface area contributed by atoms with Gasteiger partial charge in [0, 0.05) is 12.2 Å². The van der Waals surface area contributed by atoms with Crippen molar-refractivity contribution in [1.82, 2.24) is 10.3 Å². The molecule has 0 unspecified atom stereocenters. The Morgan fingerprint density at radius 1 is 1.19 bits per heavy atom. The molecule has 0 fully saturated rings. The number of aromatic nitrogens is 1. The summed E-state index contributed by atoms with van der Waals surface area (Å²) in [4.78, 5) is 15.9. The Balaban J connectivity index is 1.89. The van der Waals surface area contributed by atoms with Crippen LogP contribution in [0.2, 0.25) is 0 Å². The van der Waals surface area contributed by atoms with Crippen molar-refractivity contribution < 1.29 is 4.79 Å². The Labute approximate surface area is 133 Å². The zero-order chi connectivity index (χ0) is 15.1. The maximum atomic E-state index is 11.5. The van der Waals surface area contributed by atoms with E-state index < -0.39 is 0 Å². The number of anilines is 1. The standard InChI is InChI=1S/C16H18BrN3O/c1-2-18-16(21)10-12-6-8-13(9-7-12)19-11-14-4-3-5-15(17)20-14/h3-9,19H,2,10-11H2,1H3,(H,18,21). The summed E-state index contributed by atoms with van der Waals surface area (Å²) in [5.41, 5.74) is 2.99. The van der Waals surface area contributed by atoms with Crippen molar-refractivity contribution in [3.8, 4) is 0 Å². The first kappa shape index (κ1) is 15.5. The van der Waals surface area contributed by atoms with Crippen LogP contribution >= 0.6 is 15.9 Å². The first-order chi connectivity index (χ1) is 10.2. The van der Waals surface area contributed by atoms with Gasteiger partial charge in [0.2, 0.25) is 5.91 Å². The molecule has 2 rings (SSSR count). The van der Waals surface area contributed by atoms with Crippen molar-refractivity contribution in [2.24, 2.45) is 0 Å². The van der Waals surface area contributed by atoms with Crippen LogP contribution in [0.5, 0.6) is 0 Å². The van der Waals surface area contributed by atoms with Crippen molar-refractivity contribution in [3.63, 3.8) is 0 Å². The molecule has 0 spiro atoms. The Morgan fingerprint density at radius 2 is 1.95 bits per heavy atom. The summed E-state index contributed by atoms with van der Waals surface area (Å²) in [5, 5.41) is 6.10. The molecule has 1 amide bonds. The molecule has 0 aliphatic heterocycles. The van der Waals surface area contributed by atoms with E-state index in [1.54, 1.807) is 0 Å². The fourth-order valence-electron chi connectivity index (χ4n) is 1.93. The molecule has 2 aromatic rings. The van der Waals surface area contributed by atoms with Gasteiger partial charge in [0.25, 0.3) is 0 Å². The Bertz CT molecular complexity index is 599. The molecule has 0 radical (unpaired) electrons. The Hall–Kier alpha value is -1.88. The van der Waals surface area contributed by atoms with Gasteiger partial charge in [0.1, 0.15) is 4.60 Å². The number of pyridine rings is 1. The van der Waals surface area contributed by atoms with Gasteiger partial charge < -0.3 is 10.6 Å². The highest BCUT2D eigenvalue weighted by Crippen LogP contribution is 2.12. The molecular weight excluding hydrogens is 330 g/mol. The van der Waals surface area contributed by atoms with Crippen LogP contribution in [-0.2, 0) is 17.8 Å². The van der Waals surface area contributed by atoms with Crippen LogP contribution in [0.1, 0.15) is 18.2 Å². The number of halogens is 1. The van der Waals surface area contributed by atoms with E-state index in [9.17, 15) is 4.79 Å². The summed E-state index contributed by atoms with van der Waals surface area (Å²) in [6.07, 6.45) is 0.418. The average molecular weight is 348 g/mol. The van der Waals surface area contributed by atoms with Crippen molar-refractivity contribution in [1.29, 1.82) is 0 Å². The Kier molecular flexibility index (Phi) is 5.75. The fraction of sp³-hybridized carbons (Fsp3) is 0.250. The molecule has 21 heavy (non-hydrogen) atoms. The smallest absolute Gasteiger partial charge is 0.224 e. The summed E-state index contributed by atoms with van der Waals surface area (Å²) < 4.78 is 0.832. The summed E-state index contributed by atoms with van der Waals surface area (Å²) in [5.74, 6) is 0.0524. The molecule has 0 aliphatic rings. The largest absolute Gasteiger partial charge is 0.379 e. The number of nitrogens with one attached hydrogen (secondary N) is 2. The van der Waals surface area contributed by atoms with Gasteiger partial charge in [0.15, 0.2) is 0 Å². The average Bonchev–Trinajstić information content (AvgIpc) is 2.47. The molecule has 5 heteroatoms. The van der Waals surface area contributed by atoms with Gasteiger partial charge >= 0.3 is 0 Å². The monoisotopic (exact) mass is 347 g/mol. The van der Waals surface area contributed by atoms with E-state index >= 15 is 0 Å². The minimum Gasteiger partial charge on any atom is -0.379 e. The van der Waals surface area contributed by atoms with Gasteiger partial charge in [-0.25, -0.2) is 4.98 Å². The molecule has 1 heterocycles. The van der Waals surface area contributed by atoms with E-state index in [4.69, 9.17) is 0 Å². The van der Waals surface area contributed by atoms with Gasteiger partial charge in [-0.15, -0.1) is 0 Å². The van der Waals surface area contributed by atoms with Crippen LogP contribution in [0, 0.1) is 0 Å². The lowest BCUT2D eigenvalue weighted by atomic mass is 10.1. The number of amides is 1. The number of benzene rings is 1. The zero-order valence-electron chi connectivity index (χ0n) is 11.9. The topological polar surface area (TPSA) is 54.0 Å². The predicted molar refractivity (Wildman–Crippen MR) is 88.1 cm³/mol. The minimum absolute atomic E-state index is 0.0524. The normalized spacial score (nSPS) is 10.2. The first-order valence-corrected chi connectivity index (χ1v) is 7.67. The second-order valence-electron chi connectivity index (χ2n) is 4.63. The summed E-state index contributed by atoms with van der Waals surface area (Å²) >= 11 is 3.36. The number of carbonyl (C=O) groups excluding carboxylic acids is 1. The van der Waals surface area contributed by atoms with E-state index in [0.717, 1.165) is 21.5 Å².